The molecule has 0 saturated heterocycles. The molecule has 10 heteroatoms. The molecular weight excluding hydrogens is 416 g/mol. The molecule has 0 spiro atoms. The number of non-ortho nitro benzene ring substituents is 1. The summed E-state index contributed by atoms with van der Waals surface area (Å²) in [6.45, 7) is 9.49. The molecule has 2 aromatic rings. The van der Waals surface area contributed by atoms with Crippen LogP contribution < -0.4 is 5.32 Å². The standard InChI is InChI=1S/C22H26N4O6/c1-6-17-24-25-21(31-17)18-13(4)23-14(5)20(32-22(27)30-11-12(2)3)19(18)15-8-7-9-16(10-15)26(28)29/h7-10,12,19,23H,6,11H2,1-5H3. The Kier molecular flexibility index (Phi) is 6.92. The maximum atomic E-state index is 12.4. The van der Waals surface area contributed by atoms with Crippen molar-refractivity contribution in [1.29, 1.82) is 0 Å². The summed E-state index contributed by atoms with van der Waals surface area (Å²) < 4.78 is 16.6. The second-order valence-corrected chi connectivity index (χ2v) is 7.85. The molecule has 0 aliphatic carbocycles. The van der Waals surface area contributed by atoms with Crippen molar-refractivity contribution in [2.24, 2.45) is 5.92 Å². The number of nitrogens with zero attached hydrogens (tertiary/aromatic N) is 3. The van der Waals surface area contributed by atoms with Crippen molar-refractivity contribution in [3.05, 3.63) is 68.9 Å². The highest BCUT2D eigenvalue weighted by Gasteiger charge is 2.36. The molecule has 1 aliphatic rings. The van der Waals surface area contributed by atoms with Gasteiger partial charge in [0.2, 0.25) is 11.8 Å². The second kappa shape index (κ2) is 9.63. The Morgan fingerprint density at radius 2 is 2.03 bits per heavy atom. The van der Waals surface area contributed by atoms with Crippen LogP contribution in [0, 0.1) is 16.0 Å². The van der Waals surface area contributed by atoms with Crippen molar-refractivity contribution in [2.75, 3.05) is 6.61 Å². The van der Waals surface area contributed by atoms with Crippen LogP contribution in [-0.4, -0.2) is 27.9 Å². The number of carbonyl (C=O) groups excluding carboxylic acids is 1. The summed E-state index contributed by atoms with van der Waals surface area (Å²) in [5.74, 6) is 0.373. The van der Waals surface area contributed by atoms with E-state index < -0.39 is 17.0 Å². The molecule has 1 aromatic heterocycles. The van der Waals surface area contributed by atoms with Gasteiger partial charge in [0.05, 0.1) is 28.7 Å². The van der Waals surface area contributed by atoms with Gasteiger partial charge < -0.3 is 19.2 Å². The lowest BCUT2D eigenvalue weighted by Gasteiger charge is -2.30. The van der Waals surface area contributed by atoms with Gasteiger partial charge >= 0.3 is 6.16 Å². The highest BCUT2D eigenvalue weighted by Crippen LogP contribution is 2.44. The minimum Gasteiger partial charge on any atom is -0.434 e. The molecule has 170 valence electrons. The van der Waals surface area contributed by atoms with Crippen LogP contribution in [0.3, 0.4) is 0 Å². The number of benzene rings is 1. The summed E-state index contributed by atoms with van der Waals surface area (Å²) in [5, 5.41) is 22.8. The second-order valence-electron chi connectivity index (χ2n) is 7.85. The lowest BCUT2D eigenvalue weighted by Crippen LogP contribution is -2.27. The van der Waals surface area contributed by atoms with Gasteiger partial charge in [-0.2, -0.15) is 0 Å². The van der Waals surface area contributed by atoms with Crippen LogP contribution in [0.2, 0.25) is 0 Å². The molecule has 1 N–H and O–H groups in total. The van der Waals surface area contributed by atoms with Crippen molar-refractivity contribution < 1.29 is 23.6 Å². The first kappa shape index (κ1) is 23.0. The summed E-state index contributed by atoms with van der Waals surface area (Å²) in [5.41, 5.74) is 2.29. The first-order valence-electron chi connectivity index (χ1n) is 10.3. The van der Waals surface area contributed by atoms with Gasteiger partial charge in [0.15, 0.2) is 0 Å². The highest BCUT2D eigenvalue weighted by atomic mass is 16.7. The van der Waals surface area contributed by atoms with Crippen LogP contribution in [0.15, 0.2) is 45.8 Å². The maximum Gasteiger partial charge on any atom is 0.513 e. The molecule has 0 fully saturated rings. The van der Waals surface area contributed by atoms with Gasteiger partial charge in [-0.15, -0.1) is 10.2 Å². The summed E-state index contributed by atoms with van der Waals surface area (Å²) >= 11 is 0. The molecule has 0 radical (unpaired) electrons. The Balaban J connectivity index is 2.10. The number of nitro benzene ring substituents is 1. The highest BCUT2D eigenvalue weighted by molar-refractivity contribution is 5.75. The average Bonchev–Trinajstić information content (AvgIpc) is 3.22. The Morgan fingerprint density at radius 3 is 2.66 bits per heavy atom. The van der Waals surface area contributed by atoms with Crippen LogP contribution in [0.5, 0.6) is 0 Å². The van der Waals surface area contributed by atoms with Crippen LogP contribution in [0.25, 0.3) is 5.57 Å². The molecule has 0 amide bonds. The number of hydrogen-bond acceptors (Lipinski definition) is 9. The Labute approximate surface area is 185 Å². The van der Waals surface area contributed by atoms with E-state index >= 15 is 0 Å². The van der Waals surface area contributed by atoms with Crippen molar-refractivity contribution in [1.82, 2.24) is 15.5 Å². The van der Waals surface area contributed by atoms with Gasteiger partial charge in [0.1, 0.15) is 5.76 Å². The SMILES string of the molecule is CCc1nnc(C2=C(C)NC(C)=C(OC(=O)OCC(C)C)C2c2cccc([N+](=O)[O-])c2)o1. The van der Waals surface area contributed by atoms with E-state index in [0.717, 1.165) is 0 Å². The fourth-order valence-corrected chi connectivity index (χ4v) is 3.39. The third-order valence-electron chi connectivity index (χ3n) is 4.84. The van der Waals surface area contributed by atoms with E-state index in [1.807, 2.05) is 27.7 Å². The van der Waals surface area contributed by atoms with Crippen LogP contribution in [0.1, 0.15) is 57.9 Å². The van der Waals surface area contributed by atoms with Gasteiger partial charge in [-0.1, -0.05) is 32.9 Å². The quantitative estimate of drug-likeness (QED) is 0.368. The zero-order valence-electron chi connectivity index (χ0n) is 18.7. The van der Waals surface area contributed by atoms with Crippen molar-refractivity contribution >= 4 is 17.4 Å². The minimum atomic E-state index is -0.857. The molecule has 3 rings (SSSR count). The van der Waals surface area contributed by atoms with E-state index in [9.17, 15) is 14.9 Å². The number of dihydropyridines is 1. The first-order valence-corrected chi connectivity index (χ1v) is 10.3. The molecule has 1 aliphatic heterocycles. The molecule has 1 atom stereocenters. The summed E-state index contributed by atoms with van der Waals surface area (Å²) in [4.78, 5) is 23.3. The first-order chi connectivity index (χ1) is 15.2. The number of nitrogens with one attached hydrogen (secondary N) is 1. The Hall–Kier alpha value is -3.69. The normalized spacial score (nSPS) is 16.2. The van der Waals surface area contributed by atoms with E-state index in [-0.39, 0.29) is 29.9 Å². The minimum absolute atomic E-state index is 0.0859. The Bertz CT molecular complexity index is 1090. The maximum absolute atomic E-state index is 12.4. The van der Waals surface area contributed by atoms with Gasteiger partial charge in [0, 0.05) is 24.3 Å². The van der Waals surface area contributed by atoms with Gasteiger partial charge in [-0.05, 0) is 25.3 Å². The predicted octanol–water partition coefficient (Wildman–Crippen LogP) is 4.70. The number of nitro groups is 1. The predicted molar refractivity (Wildman–Crippen MR) is 115 cm³/mol. The molecule has 10 nitrogen and oxygen atoms in total. The zero-order chi connectivity index (χ0) is 23.4. The zero-order valence-corrected chi connectivity index (χ0v) is 18.7. The van der Waals surface area contributed by atoms with E-state index in [1.54, 1.807) is 19.1 Å². The molecule has 0 bridgehead atoms. The number of rotatable bonds is 7. The number of aromatic nitrogens is 2. The fraction of sp³-hybridized carbons (Fsp3) is 0.409. The third kappa shape index (κ3) is 4.96. The van der Waals surface area contributed by atoms with Crippen LogP contribution in [-0.2, 0) is 15.9 Å². The van der Waals surface area contributed by atoms with E-state index in [0.29, 0.717) is 34.8 Å². The molecule has 2 heterocycles. The van der Waals surface area contributed by atoms with E-state index in [4.69, 9.17) is 13.9 Å². The van der Waals surface area contributed by atoms with Crippen molar-refractivity contribution in [2.45, 2.75) is 47.0 Å². The molecule has 1 aromatic carbocycles. The smallest absolute Gasteiger partial charge is 0.434 e. The van der Waals surface area contributed by atoms with Crippen LogP contribution in [0.4, 0.5) is 10.5 Å². The number of ether oxygens (including phenoxy) is 2. The molecule has 0 saturated carbocycles. The molecular formula is C22H26N4O6. The average molecular weight is 442 g/mol. The van der Waals surface area contributed by atoms with E-state index in [2.05, 4.69) is 15.5 Å². The van der Waals surface area contributed by atoms with Crippen molar-refractivity contribution in [3.63, 3.8) is 0 Å². The molecule has 32 heavy (non-hydrogen) atoms. The summed E-state index contributed by atoms with van der Waals surface area (Å²) in [7, 11) is 0. The fourth-order valence-electron chi connectivity index (χ4n) is 3.39. The summed E-state index contributed by atoms with van der Waals surface area (Å²) in [6, 6.07) is 6.15. The molecule has 1 unspecified atom stereocenters. The van der Waals surface area contributed by atoms with Crippen LogP contribution >= 0.6 is 0 Å². The van der Waals surface area contributed by atoms with Gasteiger partial charge in [-0.3, -0.25) is 10.1 Å². The lowest BCUT2D eigenvalue weighted by atomic mass is 9.84. The number of allylic oxidation sites excluding steroid dienone is 3. The van der Waals surface area contributed by atoms with Crippen molar-refractivity contribution in [3.8, 4) is 0 Å². The Morgan fingerprint density at radius 1 is 1.28 bits per heavy atom. The largest absolute Gasteiger partial charge is 0.513 e. The van der Waals surface area contributed by atoms with E-state index in [1.165, 1.54) is 12.1 Å². The number of carbonyl (C=O) groups is 1. The monoisotopic (exact) mass is 442 g/mol. The lowest BCUT2D eigenvalue weighted by molar-refractivity contribution is -0.384. The number of hydrogen-bond donors (Lipinski definition) is 1. The third-order valence-corrected chi connectivity index (χ3v) is 4.84. The summed E-state index contributed by atoms with van der Waals surface area (Å²) in [6.07, 6.45) is -0.308. The number of aryl methyl sites for hydroxylation is 1. The van der Waals surface area contributed by atoms with Gasteiger partial charge in [-0.25, -0.2) is 4.79 Å². The van der Waals surface area contributed by atoms with Gasteiger partial charge in [0.25, 0.3) is 5.69 Å². The topological polar surface area (TPSA) is 130 Å².